The molecule has 2 amide bonds. The molecule has 0 heterocycles. The molecular weight excluding hydrogens is 748 g/mol. The molecule has 0 atom stereocenters. The number of unbranched alkanes of at least 4 members (excludes halogenated alkanes) is 30. The van der Waals surface area contributed by atoms with Gasteiger partial charge in [-0.05, 0) is 12.8 Å². The van der Waals surface area contributed by atoms with E-state index in [2.05, 4.69) is 29.8 Å². The van der Waals surface area contributed by atoms with Gasteiger partial charge in [-0.1, -0.05) is 206 Å². The van der Waals surface area contributed by atoms with E-state index >= 15 is 0 Å². The molecule has 0 aromatic rings. The third-order valence-corrected chi connectivity index (χ3v) is 11.6. The number of nitrogens with zero attached hydrogens (tertiary/aromatic N) is 1. The van der Waals surface area contributed by atoms with E-state index < -0.39 is 12.1 Å². The number of amides is 2. The van der Waals surface area contributed by atoms with Crippen molar-refractivity contribution in [3.63, 3.8) is 0 Å². The van der Waals surface area contributed by atoms with E-state index in [1.807, 2.05) is 0 Å². The summed E-state index contributed by atoms with van der Waals surface area (Å²) in [6.07, 6.45) is 40.0. The summed E-state index contributed by atoms with van der Waals surface area (Å²) in [5.41, 5.74) is 3.77. The molecule has 0 aliphatic heterocycles. The van der Waals surface area contributed by atoms with E-state index in [1.165, 1.54) is 193 Å². The van der Waals surface area contributed by atoms with Gasteiger partial charge >= 0.3 is 6.18 Å². The molecule has 7 nitrogen and oxygen atoms in total. The molecule has 340 valence electrons. The van der Waals surface area contributed by atoms with E-state index in [1.54, 1.807) is 11.8 Å². The predicted octanol–water partition coefficient (Wildman–Crippen LogP) is 11.5. The van der Waals surface area contributed by atoms with Crippen LogP contribution < -0.4 is 16.2 Å². The van der Waals surface area contributed by atoms with Gasteiger partial charge in [0.15, 0.2) is 0 Å². The summed E-state index contributed by atoms with van der Waals surface area (Å²) in [5, 5.41) is 11.7. The topological polar surface area (TPSA) is 117 Å². The first-order chi connectivity index (χ1) is 27.6. The molecule has 0 spiro atoms. The summed E-state index contributed by atoms with van der Waals surface area (Å²) in [7, 11) is 0. The van der Waals surface area contributed by atoms with Crippen LogP contribution in [0.4, 0.5) is 13.2 Å². The third-order valence-electron chi connectivity index (χ3n) is 10.6. The van der Waals surface area contributed by atoms with Crippen LogP contribution in [0.3, 0.4) is 0 Å². The van der Waals surface area contributed by atoms with Gasteiger partial charge in [-0.15, -0.1) is 0 Å². The number of carbonyl (C=O) groups excluding carboxylic acids is 3. The number of carbonyl (C=O) groups is 3. The fourth-order valence-corrected chi connectivity index (χ4v) is 7.82. The van der Waals surface area contributed by atoms with Gasteiger partial charge in [0.2, 0.25) is 11.8 Å². The Hall–Kier alpha value is -1.49. The normalized spacial score (nSPS) is 11.3. The maximum absolute atomic E-state index is 13.2. The number of alkyl halides is 3. The highest BCUT2D eigenvalue weighted by atomic mass is 32.2. The molecule has 4 N–H and O–H groups in total. The van der Waals surface area contributed by atoms with E-state index in [-0.39, 0.29) is 5.91 Å². The molecule has 0 unspecified atom stereocenters. The van der Waals surface area contributed by atoms with Crippen molar-refractivity contribution in [2.24, 2.45) is 0 Å². The Morgan fingerprint density at radius 1 is 0.526 bits per heavy atom. The molecular formula is C46H90F3N3O4S. The summed E-state index contributed by atoms with van der Waals surface area (Å²) in [4.78, 5) is 36.0. The Balaban J connectivity index is 0. The highest BCUT2D eigenvalue weighted by molar-refractivity contribution is 7.99. The summed E-state index contributed by atoms with van der Waals surface area (Å²) < 4.78 is 31.5. The standard InChI is InChI=1S/C44H89N3O2S.C2HF3O2/c1-3-5-7-9-11-13-15-17-19-21-23-25-27-29-31-33-39-47(44(49)36-42-50-41-35-43(48)46-38-37-45)40-34-32-30-28-26-24-22-20-18-16-14-12-10-8-6-4-2;3-2(4,5)1(6)7/h3-42,45H2,1-2H3,(H,46,48);(H,6,7). The van der Waals surface area contributed by atoms with Crippen LogP contribution in [0.25, 0.3) is 0 Å². The minimum Gasteiger partial charge on any atom is -0.542 e. The second-order valence-corrected chi connectivity index (χ2v) is 17.3. The lowest BCUT2D eigenvalue weighted by molar-refractivity contribution is -0.364. The zero-order valence-corrected chi connectivity index (χ0v) is 37.9. The monoisotopic (exact) mass is 838 g/mol. The molecule has 0 bridgehead atoms. The molecule has 0 aliphatic carbocycles. The number of thioether (sulfide) groups is 1. The van der Waals surface area contributed by atoms with Crippen LogP contribution in [0.5, 0.6) is 0 Å². The van der Waals surface area contributed by atoms with Crippen LogP contribution in [-0.2, 0) is 14.4 Å². The van der Waals surface area contributed by atoms with Crippen LogP contribution in [-0.4, -0.2) is 66.5 Å². The maximum atomic E-state index is 13.2. The van der Waals surface area contributed by atoms with Gasteiger partial charge in [0, 0.05) is 37.4 Å². The van der Waals surface area contributed by atoms with E-state index in [9.17, 15) is 22.8 Å². The molecule has 0 aliphatic rings. The SMILES string of the molecule is CCCCCCCCCCCCCCCCCCN(CCCCCCCCCCCCCCCCCC)C(=O)CCSCCC(=O)NCC[NH3+].O=C([O-])C(F)(F)F. The number of halogens is 3. The Labute approximate surface area is 353 Å². The van der Waals surface area contributed by atoms with Gasteiger partial charge < -0.3 is 25.9 Å². The van der Waals surface area contributed by atoms with Crippen LogP contribution in [0.15, 0.2) is 0 Å². The number of rotatable bonds is 42. The van der Waals surface area contributed by atoms with Crippen molar-refractivity contribution in [1.29, 1.82) is 0 Å². The minimum atomic E-state index is -5.19. The van der Waals surface area contributed by atoms with Crippen molar-refractivity contribution in [1.82, 2.24) is 10.2 Å². The van der Waals surface area contributed by atoms with E-state index in [0.717, 1.165) is 44.0 Å². The molecule has 0 rings (SSSR count). The van der Waals surface area contributed by atoms with E-state index in [4.69, 9.17) is 9.90 Å². The van der Waals surface area contributed by atoms with Gasteiger partial charge in [0.05, 0.1) is 13.1 Å². The fraction of sp³-hybridized carbons (Fsp3) is 0.935. The van der Waals surface area contributed by atoms with Gasteiger partial charge in [0.1, 0.15) is 5.97 Å². The largest absolute Gasteiger partial charge is 0.542 e. The van der Waals surface area contributed by atoms with Crippen molar-refractivity contribution >= 4 is 29.5 Å². The second kappa shape index (κ2) is 45.6. The molecule has 0 saturated heterocycles. The lowest BCUT2D eigenvalue weighted by Gasteiger charge is -2.23. The Morgan fingerprint density at radius 2 is 0.807 bits per heavy atom. The first-order valence-corrected chi connectivity index (χ1v) is 24.9. The molecule has 0 radical (unpaired) electrons. The Bertz CT molecular complexity index is 846. The smallest absolute Gasteiger partial charge is 0.430 e. The number of hydrogen-bond acceptors (Lipinski definition) is 5. The average Bonchev–Trinajstić information content (AvgIpc) is 3.18. The lowest BCUT2D eigenvalue weighted by Crippen LogP contribution is -2.54. The fourth-order valence-electron chi connectivity index (χ4n) is 6.96. The number of aliphatic carboxylic acids is 1. The lowest BCUT2D eigenvalue weighted by atomic mass is 10.0. The van der Waals surface area contributed by atoms with Crippen molar-refractivity contribution in [3.05, 3.63) is 0 Å². The van der Waals surface area contributed by atoms with Crippen molar-refractivity contribution in [3.8, 4) is 0 Å². The first-order valence-electron chi connectivity index (χ1n) is 23.8. The van der Waals surface area contributed by atoms with Gasteiger partial charge in [0.25, 0.3) is 0 Å². The predicted molar refractivity (Wildman–Crippen MR) is 234 cm³/mol. The van der Waals surface area contributed by atoms with Crippen LogP contribution in [0, 0.1) is 0 Å². The number of carboxylic acids is 1. The number of nitrogens with one attached hydrogen (secondary N) is 1. The van der Waals surface area contributed by atoms with Crippen molar-refractivity contribution in [2.75, 3.05) is 37.7 Å². The molecule has 0 fully saturated rings. The Kier molecular flexibility index (Phi) is 46.1. The second-order valence-electron chi connectivity index (χ2n) is 16.1. The maximum Gasteiger partial charge on any atom is 0.430 e. The van der Waals surface area contributed by atoms with Crippen LogP contribution in [0.1, 0.15) is 232 Å². The summed E-state index contributed by atoms with van der Waals surface area (Å²) in [6, 6.07) is 0. The van der Waals surface area contributed by atoms with Crippen molar-refractivity contribution < 1.29 is 38.4 Å². The number of quaternary nitrogens is 1. The minimum absolute atomic E-state index is 0.0982. The summed E-state index contributed by atoms with van der Waals surface area (Å²) >= 11 is 1.74. The zero-order chi connectivity index (χ0) is 42.5. The van der Waals surface area contributed by atoms with Crippen LogP contribution >= 0.6 is 11.8 Å². The highest BCUT2D eigenvalue weighted by Crippen LogP contribution is 2.17. The van der Waals surface area contributed by atoms with E-state index in [0.29, 0.717) is 25.3 Å². The molecule has 11 heteroatoms. The summed E-state index contributed by atoms with van der Waals surface area (Å²) in [5.74, 6) is -0.987. The molecule has 0 aromatic carbocycles. The summed E-state index contributed by atoms with van der Waals surface area (Å²) in [6.45, 7) is 7.81. The quantitative estimate of drug-likeness (QED) is 0.0594. The molecule has 0 saturated carbocycles. The van der Waals surface area contributed by atoms with Gasteiger partial charge in [-0.3, -0.25) is 9.59 Å². The molecule has 57 heavy (non-hydrogen) atoms. The third kappa shape index (κ3) is 47.1. The van der Waals surface area contributed by atoms with Gasteiger partial charge in [-0.2, -0.15) is 24.9 Å². The van der Waals surface area contributed by atoms with Crippen LogP contribution in [0.2, 0.25) is 0 Å². The number of carboxylic acid groups (broad SMARTS) is 1. The van der Waals surface area contributed by atoms with Gasteiger partial charge in [-0.25, -0.2) is 0 Å². The molecule has 0 aromatic heterocycles. The highest BCUT2D eigenvalue weighted by Gasteiger charge is 2.28. The first kappa shape index (κ1) is 57.6. The Morgan fingerprint density at radius 3 is 1.09 bits per heavy atom. The zero-order valence-electron chi connectivity index (χ0n) is 37.1. The number of hydrogen-bond donors (Lipinski definition) is 2. The average molecular weight is 838 g/mol. The van der Waals surface area contributed by atoms with Crippen molar-refractivity contribution in [2.45, 2.75) is 238 Å².